The molecule has 1 N–H and O–H groups in total. The molecule has 2 rings (SSSR count). The third kappa shape index (κ3) is 3.79. The predicted octanol–water partition coefficient (Wildman–Crippen LogP) is 2.50. The van der Waals surface area contributed by atoms with Gasteiger partial charge < -0.3 is 10.1 Å². The van der Waals surface area contributed by atoms with Crippen molar-refractivity contribution in [3.63, 3.8) is 0 Å². The number of hydrogen-bond donors (Lipinski definition) is 1. The van der Waals surface area contributed by atoms with Crippen molar-refractivity contribution in [3.05, 3.63) is 35.4 Å². The fraction of sp³-hybridized carbons (Fsp3) is 0.562. The van der Waals surface area contributed by atoms with Gasteiger partial charge in [0.2, 0.25) is 0 Å². The molecule has 0 bridgehead atoms. The lowest BCUT2D eigenvalue weighted by molar-refractivity contribution is 0.0300. The molecule has 1 aliphatic heterocycles. The van der Waals surface area contributed by atoms with Crippen molar-refractivity contribution >= 4 is 0 Å². The Hall–Kier alpha value is -1.37. The van der Waals surface area contributed by atoms with Gasteiger partial charge in [0.05, 0.1) is 18.2 Å². The third-order valence-corrected chi connectivity index (χ3v) is 3.64. The van der Waals surface area contributed by atoms with Crippen LogP contribution in [0.3, 0.4) is 0 Å². The van der Waals surface area contributed by atoms with Crippen molar-refractivity contribution in [2.75, 3.05) is 13.2 Å². The monoisotopic (exact) mass is 258 g/mol. The van der Waals surface area contributed by atoms with Crippen LogP contribution in [0, 0.1) is 17.2 Å². The predicted molar refractivity (Wildman–Crippen MR) is 75.8 cm³/mol. The summed E-state index contributed by atoms with van der Waals surface area (Å²) in [5.41, 5.74) is 1.92. The van der Waals surface area contributed by atoms with Crippen LogP contribution >= 0.6 is 0 Å². The van der Waals surface area contributed by atoms with Crippen molar-refractivity contribution in [2.24, 2.45) is 5.92 Å². The van der Waals surface area contributed by atoms with Gasteiger partial charge in [-0.2, -0.15) is 5.26 Å². The van der Waals surface area contributed by atoms with E-state index in [0.717, 1.165) is 37.2 Å². The van der Waals surface area contributed by atoms with Crippen molar-refractivity contribution in [1.29, 1.82) is 5.26 Å². The molecule has 1 saturated heterocycles. The molecule has 1 aromatic carbocycles. The molecule has 1 aliphatic rings. The largest absolute Gasteiger partial charge is 0.381 e. The van der Waals surface area contributed by atoms with E-state index in [4.69, 9.17) is 10.00 Å². The highest BCUT2D eigenvalue weighted by molar-refractivity contribution is 5.37. The number of nitrogens with zero attached hydrogens (tertiary/aromatic N) is 1. The summed E-state index contributed by atoms with van der Waals surface area (Å²) in [5, 5.41) is 12.8. The Morgan fingerprint density at radius 2 is 2.21 bits per heavy atom. The number of hydrogen-bond acceptors (Lipinski definition) is 3. The molecule has 1 aromatic rings. The maximum atomic E-state index is 9.16. The summed E-state index contributed by atoms with van der Waals surface area (Å²) in [7, 11) is 0. The zero-order chi connectivity index (χ0) is 13.7. The van der Waals surface area contributed by atoms with E-state index in [1.807, 2.05) is 18.2 Å². The lowest BCUT2D eigenvalue weighted by atomic mass is 9.87. The summed E-state index contributed by atoms with van der Waals surface area (Å²) in [6, 6.07) is 11.1. The standard InChI is InChI=1S/C16H22N2O/c1-12(2)18-16-7-8-19-11-15(16)9-13-5-3-4-6-14(13)10-17/h3-6,12,15-16,18H,7-9,11H2,1-2H3/t15-,16-/m1/s1. The Labute approximate surface area is 115 Å². The Kier molecular flexibility index (Phi) is 4.95. The zero-order valence-electron chi connectivity index (χ0n) is 11.7. The van der Waals surface area contributed by atoms with Crippen molar-refractivity contribution in [3.8, 4) is 6.07 Å². The number of rotatable bonds is 4. The number of ether oxygens (including phenoxy) is 1. The van der Waals surface area contributed by atoms with Crippen molar-refractivity contribution in [2.45, 2.75) is 38.8 Å². The van der Waals surface area contributed by atoms with Gasteiger partial charge in [-0.05, 0) is 24.5 Å². The molecule has 0 spiro atoms. The Bertz CT molecular complexity index is 450. The van der Waals surface area contributed by atoms with E-state index in [1.165, 1.54) is 0 Å². The van der Waals surface area contributed by atoms with Gasteiger partial charge in [-0.15, -0.1) is 0 Å². The number of benzene rings is 1. The minimum absolute atomic E-state index is 0.450. The minimum Gasteiger partial charge on any atom is -0.381 e. The molecule has 0 aromatic heterocycles. The molecular weight excluding hydrogens is 236 g/mol. The maximum absolute atomic E-state index is 9.16. The Morgan fingerprint density at radius 1 is 1.42 bits per heavy atom. The first-order chi connectivity index (χ1) is 9.20. The normalized spacial score (nSPS) is 23.3. The highest BCUT2D eigenvalue weighted by Gasteiger charge is 2.26. The fourth-order valence-corrected chi connectivity index (χ4v) is 2.74. The van der Waals surface area contributed by atoms with Gasteiger partial charge in [-0.25, -0.2) is 0 Å². The van der Waals surface area contributed by atoms with Gasteiger partial charge in [-0.3, -0.25) is 0 Å². The van der Waals surface area contributed by atoms with E-state index in [2.05, 4.69) is 31.3 Å². The van der Waals surface area contributed by atoms with Crippen LogP contribution in [0.2, 0.25) is 0 Å². The minimum atomic E-state index is 0.450. The van der Waals surface area contributed by atoms with Crippen LogP contribution in [0.25, 0.3) is 0 Å². The van der Waals surface area contributed by atoms with E-state index in [9.17, 15) is 0 Å². The second-order valence-corrected chi connectivity index (χ2v) is 5.52. The lowest BCUT2D eigenvalue weighted by Gasteiger charge is -2.34. The van der Waals surface area contributed by atoms with E-state index < -0.39 is 0 Å². The first-order valence-corrected chi connectivity index (χ1v) is 7.02. The average molecular weight is 258 g/mol. The second kappa shape index (κ2) is 6.70. The molecule has 0 unspecified atom stereocenters. The van der Waals surface area contributed by atoms with E-state index in [0.29, 0.717) is 18.0 Å². The number of nitriles is 1. The zero-order valence-corrected chi connectivity index (χ0v) is 11.7. The molecule has 0 aliphatic carbocycles. The highest BCUT2D eigenvalue weighted by Crippen LogP contribution is 2.22. The van der Waals surface area contributed by atoms with Crippen LogP contribution in [0.5, 0.6) is 0 Å². The number of nitrogens with one attached hydrogen (secondary N) is 1. The van der Waals surface area contributed by atoms with Crippen LogP contribution in [-0.2, 0) is 11.2 Å². The van der Waals surface area contributed by atoms with Gasteiger partial charge in [0, 0.05) is 24.6 Å². The van der Waals surface area contributed by atoms with Gasteiger partial charge in [0.25, 0.3) is 0 Å². The maximum Gasteiger partial charge on any atom is 0.0994 e. The van der Waals surface area contributed by atoms with Crippen LogP contribution in [0.15, 0.2) is 24.3 Å². The Balaban J connectivity index is 2.09. The van der Waals surface area contributed by atoms with Crippen LogP contribution < -0.4 is 5.32 Å². The summed E-state index contributed by atoms with van der Waals surface area (Å²) >= 11 is 0. The topological polar surface area (TPSA) is 45.0 Å². The van der Waals surface area contributed by atoms with E-state index in [1.54, 1.807) is 0 Å². The summed E-state index contributed by atoms with van der Waals surface area (Å²) in [4.78, 5) is 0. The molecular formula is C16H22N2O. The van der Waals surface area contributed by atoms with Gasteiger partial charge in [0.15, 0.2) is 0 Å². The van der Waals surface area contributed by atoms with E-state index in [-0.39, 0.29) is 0 Å². The first-order valence-electron chi connectivity index (χ1n) is 7.02. The van der Waals surface area contributed by atoms with Gasteiger partial charge in [-0.1, -0.05) is 32.0 Å². The molecule has 1 heterocycles. The molecule has 102 valence electrons. The third-order valence-electron chi connectivity index (χ3n) is 3.64. The quantitative estimate of drug-likeness (QED) is 0.902. The molecule has 0 saturated carbocycles. The molecule has 0 amide bonds. The smallest absolute Gasteiger partial charge is 0.0994 e. The van der Waals surface area contributed by atoms with Gasteiger partial charge in [0.1, 0.15) is 0 Å². The van der Waals surface area contributed by atoms with Crippen LogP contribution in [0.1, 0.15) is 31.4 Å². The lowest BCUT2D eigenvalue weighted by Crippen LogP contribution is -2.46. The van der Waals surface area contributed by atoms with Crippen molar-refractivity contribution in [1.82, 2.24) is 5.32 Å². The molecule has 0 radical (unpaired) electrons. The van der Waals surface area contributed by atoms with E-state index >= 15 is 0 Å². The highest BCUT2D eigenvalue weighted by atomic mass is 16.5. The second-order valence-electron chi connectivity index (χ2n) is 5.52. The van der Waals surface area contributed by atoms with Crippen LogP contribution in [-0.4, -0.2) is 25.3 Å². The average Bonchev–Trinajstić information content (AvgIpc) is 2.41. The molecule has 19 heavy (non-hydrogen) atoms. The van der Waals surface area contributed by atoms with Gasteiger partial charge >= 0.3 is 0 Å². The Morgan fingerprint density at radius 3 is 2.95 bits per heavy atom. The molecule has 3 nitrogen and oxygen atoms in total. The SMILES string of the molecule is CC(C)N[C@@H]1CCOC[C@H]1Cc1ccccc1C#N. The van der Waals surface area contributed by atoms with Crippen molar-refractivity contribution < 1.29 is 4.74 Å². The summed E-state index contributed by atoms with van der Waals surface area (Å²) in [6.07, 6.45) is 1.96. The van der Waals surface area contributed by atoms with Crippen LogP contribution in [0.4, 0.5) is 0 Å². The fourth-order valence-electron chi connectivity index (χ4n) is 2.74. The molecule has 1 fully saturated rings. The summed E-state index contributed by atoms with van der Waals surface area (Å²) in [6.45, 7) is 5.97. The summed E-state index contributed by atoms with van der Waals surface area (Å²) in [5.74, 6) is 0.450. The summed E-state index contributed by atoms with van der Waals surface area (Å²) < 4.78 is 5.62. The molecule has 2 atom stereocenters. The molecule has 3 heteroatoms. The first kappa shape index (κ1) is 14.0.